The minimum absolute atomic E-state index is 0.0706. The van der Waals surface area contributed by atoms with Crippen molar-refractivity contribution in [2.45, 2.75) is 12.1 Å². The summed E-state index contributed by atoms with van der Waals surface area (Å²) in [5.41, 5.74) is 2.49. The van der Waals surface area contributed by atoms with Gasteiger partial charge in [-0.2, -0.15) is 0 Å². The third kappa shape index (κ3) is 4.66. The van der Waals surface area contributed by atoms with E-state index in [9.17, 15) is 14.9 Å². The van der Waals surface area contributed by atoms with Crippen molar-refractivity contribution < 1.29 is 14.5 Å². The van der Waals surface area contributed by atoms with Crippen molar-refractivity contribution in [1.29, 1.82) is 0 Å². The van der Waals surface area contributed by atoms with Crippen molar-refractivity contribution in [2.24, 2.45) is 0 Å². The Kier molecular flexibility index (Phi) is 6.03. The maximum Gasteiger partial charge on any atom is 0.311 e. The first-order chi connectivity index (χ1) is 13.9. The molecule has 0 unspecified atom stereocenters. The van der Waals surface area contributed by atoms with Crippen LogP contribution in [0.2, 0.25) is 0 Å². The fourth-order valence-corrected chi connectivity index (χ4v) is 3.36. The van der Waals surface area contributed by atoms with E-state index in [0.29, 0.717) is 22.1 Å². The number of carbonyl (C=O) groups is 1. The van der Waals surface area contributed by atoms with Gasteiger partial charge in [0.1, 0.15) is 0 Å². The number of amides is 1. The highest BCUT2D eigenvalue weighted by molar-refractivity contribution is 7.99. The third-order valence-electron chi connectivity index (χ3n) is 4.10. The van der Waals surface area contributed by atoms with Gasteiger partial charge < -0.3 is 15.9 Å². The van der Waals surface area contributed by atoms with Crippen molar-refractivity contribution in [2.75, 3.05) is 24.0 Å². The van der Waals surface area contributed by atoms with Crippen molar-refractivity contribution in [1.82, 2.24) is 9.66 Å². The molecule has 0 spiro atoms. The Morgan fingerprint density at radius 2 is 2.07 bits per heavy atom. The lowest BCUT2D eigenvalue weighted by Gasteiger charge is -2.10. The molecule has 0 bridgehead atoms. The van der Waals surface area contributed by atoms with Crippen LogP contribution < -0.4 is 15.9 Å². The first-order valence-electron chi connectivity index (χ1n) is 8.54. The number of ether oxygens (including phenoxy) is 1. The lowest BCUT2D eigenvalue weighted by molar-refractivity contribution is -0.385. The second-order valence-corrected chi connectivity index (χ2v) is 7.06. The summed E-state index contributed by atoms with van der Waals surface area (Å²) < 4.78 is 6.42. The number of methoxy groups -OCH3 is 1. The van der Waals surface area contributed by atoms with E-state index in [1.807, 2.05) is 30.3 Å². The molecule has 2 aromatic carbocycles. The zero-order valence-electron chi connectivity index (χ0n) is 15.8. The summed E-state index contributed by atoms with van der Waals surface area (Å²) in [6.45, 7) is 1.67. The molecule has 3 rings (SSSR count). The molecule has 0 saturated heterocycles. The van der Waals surface area contributed by atoms with Gasteiger partial charge in [-0.25, -0.2) is 9.66 Å². The largest absolute Gasteiger partial charge is 0.490 e. The Labute approximate surface area is 171 Å². The van der Waals surface area contributed by atoms with E-state index < -0.39 is 4.92 Å². The number of aromatic nitrogens is 2. The molecule has 0 aliphatic rings. The van der Waals surface area contributed by atoms with Crippen LogP contribution in [0.3, 0.4) is 0 Å². The predicted octanol–water partition coefficient (Wildman–Crippen LogP) is 3.22. The molecule has 1 amide bonds. The van der Waals surface area contributed by atoms with E-state index in [1.54, 1.807) is 13.1 Å². The summed E-state index contributed by atoms with van der Waals surface area (Å²) in [5, 5.41) is 14.3. The molecule has 1 heterocycles. The molecule has 0 aliphatic heterocycles. The molecule has 0 aliphatic carbocycles. The molecule has 10 heteroatoms. The number of nitrogen functional groups attached to an aromatic ring is 1. The number of nitro groups is 1. The van der Waals surface area contributed by atoms with Gasteiger partial charge in [-0.1, -0.05) is 42.1 Å². The summed E-state index contributed by atoms with van der Waals surface area (Å²) in [7, 11) is 1.34. The van der Waals surface area contributed by atoms with Crippen LogP contribution in [0, 0.1) is 17.0 Å². The molecule has 0 radical (unpaired) electrons. The van der Waals surface area contributed by atoms with E-state index in [1.165, 1.54) is 35.7 Å². The molecule has 1 aromatic heterocycles. The van der Waals surface area contributed by atoms with Crippen molar-refractivity contribution in [3.63, 3.8) is 0 Å². The minimum atomic E-state index is -0.529. The Morgan fingerprint density at radius 1 is 1.34 bits per heavy atom. The fraction of sp³-hybridized carbons (Fsp3) is 0.158. The van der Waals surface area contributed by atoms with Gasteiger partial charge in [0.05, 0.1) is 29.7 Å². The van der Waals surface area contributed by atoms with Gasteiger partial charge in [-0.15, -0.1) is 0 Å². The van der Waals surface area contributed by atoms with E-state index in [-0.39, 0.29) is 23.1 Å². The Hall–Kier alpha value is -3.53. The van der Waals surface area contributed by atoms with Gasteiger partial charge in [0.15, 0.2) is 10.9 Å². The minimum Gasteiger partial charge on any atom is -0.490 e. The number of imidazole rings is 1. The molecular formula is C19H19N5O4S. The molecule has 0 fully saturated rings. The second kappa shape index (κ2) is 8.65. The van der Waals surface area contributed by atoms with Crippen LogP contribution in [-0.2, 0) is 4.79 Å². The normalized spacial score (nSPS) is 10.6. The van der Waals surface area contributed by atoms with Crippen LogP contribution in [-0.4, -0.2) is 33.4 Å². The molecule has 3 N–H and O–H groups in total. The lowest BCUT2D eigenvalue weighted by atomic mass is 10.1. The van der Waals surface area contributed by atoms with Gasteiger partial charge in [-0.3, -0.25) is 14.9 Å². The van der Waals surface area contributed by atoms with Gasteiger partial charge >= 0.3 is 5.69 Å². The SMILES string of the molecule is COc1cc(NC(=O)CSc2nc(-c3ccccc3)cn2N)c(C)cc1[N+](=O)[O-]. The monoisotopic (exact) mass is 413 g/mol. The number of nitrogens with one attached hydrogen (secondary N) is 1. The van der Waals surface area contributed by atoms with Gasteiger partial charge in [0.25, 0.3) is 0 Å². The number of nitrogens with two attached hydrogens (primary N) is 1. The number of aryl methyl sites for hydroxylation is 1. The van der Waals surface area contributed by atoms with E-state index in [2.05, 4.69) is 10.3 Å². The number of benzene rings is 2. The standard InChI is InChI=1S/C19H19N5O4S/c1-12-8-16(24(26)27)17(28-2)9-14(12)21-18(25)11-29-19-22-15(10-23(19)20)13-6-4-3-5-7-13/h3-10H,11,20H2,1-2H3,(H,21,25). The zero-order valence-corrected chi connectivity index (χ0v) is 16.6. The maximum absolute atomic E-state index is 12.4. The zero-order chi connectivity index (χ0) is 21.0. The summed E-state index contributed by atoms with van der Waals surface area (Å²) >= 11 is 1.19. The van der Waals surface area contributed by atoms with Gasteiger partial charge in [0, 0.05) is 23.4 Å². The highest BCUT2D eigenvalue weighted by Gasteiger charge is 2.19. The summed E-state index contributed by atoms with van der Waals surface area (Å²) in [6.07, 6.45) is 1.70. The van der Waals surface area contributed by atoms with Crippen LogP contribution >= 0.6 is 11.8 Å². The molecule has 150 valence electrons. The number of thioether (sulfide) groups is 1. The van der Waals surface area contributed by atoms with Crippen LogP contribution in [0.4, 0.5) is 11.4 Å². The number of nitro benzene ring substituents is 1. The molecule has 0 saturated carbocycles. The lowest BCUT2D eigenvalue weighted by Crippen LogP contribution is -2.16. The molecule has 3 aromatic rings. The Bertz CT molecular complexity index is 1050. The Morgan fingerprint density at radius 3 is 2.72 bits per heavy atom. The number of hydrogen-bond donors (Lipinski definition) is 2. The van der Waals surface area contributed by atoms with Gasteiger partial charge in [-0.05, 0) is 12.5 Å². The highest BCUT2D eigenvalue weighted by atomic mass is 32.2. The van der Waals surface area contributed by atoms with Crippen LogP contribution in [0.1, 0.15) is 5.56 Å². The third-order valence-corrected chi connectivity index (χ3v) is 5.06. The average Bonchev–Trinajstić information content (AvgIpc) is 3.09. The van der Waals surface area contributed by atoms with Crippen molar-refractivity contribution in [3.8, 4) is 17.0 Å². The van der Waals surface area contributed by atoms with Crippen LogP contribution in [0.5, 0.6) is 5.75 Å². The molecule has 29 heavy (non-hydrogen) atoms. The molecular weight excluding hydrogens is 394 g/mol. The quantitative estimate of drug-likeness (QED) is 0.264. The smallest absolute Gasteiger partial charge is 0.311 e. The van der Waals surface area contributed by atoms with Crippen molar-refractivity contribution in [3.05, 3.63) is 64.3 Å². The first-order valence-corrected chi connectivity index (χ1v) is 9.53. The average molecular weight is 413 g/mol. The molecule has 9 nitrogen and oxygen atoms in total. The summed E-state index contributed by atoms with van der Waals surface area (Å²) in [6, 6.07) is 12.4. The second-order valence-electron chi connectivity index (χ2n) is 6.11. The first kappa shape index (κ1) is 20.2. The predicted molar refractivity (Wildman–Crippen MR) is 112 cm³/mol. The number of carbonyl (C=O) groups excluding carboxylic acids is 1. The number of hydrogen-bond acceptors (Lipinski definition) is 7. The van der Waals surface area contributed by atoms with E-state index in [4.69, 9.17) is 10.6 Å². The van der Waals surface area contributed by atoms with Crippen LogP contribution in [0.25, 0.3) is 11.3 Å². The fourth-order valence-electron chi connectivity index (χ4n) is 2.66. The van der Waals surface area contributed by atoms with E-state index in [0.717, 1.165) is 5.56 Å². The summed E-state index contributed by atoms with van der Waals surface area (Å²) in [5.74, 6) is 5.80. The number of anilines is 1. The summed E-state index contributed by atoms with van der Waals surface area (Å²) in [4.78, 5) is 27.4. The number of nitrogens with zero attached hydrogens (tertiary/aromatic N) is 3. The molecule has 0 atom stereocenters. The Balaban J connectivity index is 1.68. The van der Waals surface area contributed by atoms with Gasteiger partial charge in [0.2, 0.25) is 5.91 Å². The number of rotatable bonds is 7. The van der Waals surface area contributed by atoms with Crippen LogP contribution in [0.15, 0.2) is 53.8 Å². The highest BCUT2D eigenvalue weighted by Crippen LogP contribution is 2.33. The van der Waals surface area contributed by atoms with E-state index >= 15 is 0 Å². The maximum atomic E-state index is 12.4. The van der Waals surface area contributed by atoms with Crippen molar-refractivity contribution >= 4 is 29.0 Å². The topological polar surface area (TPSA) is 125 Å².